The zero-order valence-electron chi connectivity index (χ0n) is 41.2. The minimum absolute atomic E-state index is 0.211. The van der Waals surface area contributed by atoms with Crippen molar-refractivity contribution in [3.8, 4) is 50.6 Å². The molecule has 0 saturated carbocycles. The predicted octanol–water partition coefficient (Wildman–Crippen LogP) is 21.0. The summed E-state index contributed by atoms with van der Waals surface area (Å²) in [7, 11) is -4.91. The van der Waals surface area contributed by atoms with Crippen LogP contribution in [-0.2, 0) is 4.57 Å². The van der Waals surface area contributed by atoms with Crippen molar-refractivity contribution in [3.63, 3.8) is 0 Å². The summed E-state index contributed by atoms with van der Waals surface area (Å²) in [6.45, 7) is 0. The van der Waals surface area contributed by atoms with E-state index in [1.54, 1.807) is 36.4 Å². The summed E-state index contributed by atoms with van der Waals surface area (Å²) in [5, 5.41) is 33.3. The van der Waals surface area contributed by atoms with E-state index in [9.17, 15) is 0 Å². The maximum atomic E-state index is 16.7. The van der Waals surface area contributed by atoms with Crippen LogP contribution in [0.2, 0.25) is 0 Å². The van der Waals surface area contributed by atoms with E-state index < -0.39 is 7.82 Å². The Hall–Kier alpha value is -10.2. The Labute approximate surface area is 444 Å². The van der Waals surface area contributed by atoms with Crippen molar-refractivity contribution in [2.75, 3.05) is 0 Å². The standard InChI is InChI=1S/C66H45N6O4P/c73-77(74-64-40-37-52(70-67-49-25-4-1-5-26-49)43-61(64)58-34-16-22-46-19-10-13-31-55(46)58,75-65-41-38-53(71-68-50-27-6-2-7-28-50)44-62(65)59-35-17-23-47-20-11-14-32-56(47)59)76-66-42-39-54(72-69-51-29-8-3-9-30-51)45-63(66)60-36-18-24-48-21-12-15-33-57(48)60/h1-45H/b70-67+,71-68+,72-69+. The zero-order chi connectivity index (χ0) is 51.8. The lowest BCUT2D eigenvalue weighted by atomic mass is 9.97. The molecule has 12 rings (SSSR count). The van der Waals surface area contributed by atoms with Crippen LogP contribution < -0.4 is 13.6 Å². The van der Waals surface area contributed by atoms with Crippen molar-refractivity contribution < 1.29 is 18.1 Å². The maximum absolute atomic E-state index is 16.7. The first-order valence-electron chi connectivity index (χ1n) is 24.9. The van der Waals surface area contributed by atoms with Gasteiger partial charge in [0.05, 0.1) is 34.1 Å². The Kier molecular flexibility index (Phi) is 13.5. The van der Waals surface area contributed by atoms with Crippen LogP contribution in [-0.4, -0.2) is 0 Å². The van der Waals surface area contributed by atoms with E-state index >= 15 is 4.57 Å². The molecule has 0 heterocycles. The van der Waals surface area contributed by atoms with Crippen molar-refractivity contribution in [3.05, 3.63) is 273 Å². The molecule has 0 bridgehead atoms. The second-order valence-electron chi connectivity index (χ2n) is 17.9. The van der Waals surface area contributed by atoms with Gasteiger partial charge in [-0.1, -0.05) is 182 Å². The molecule has 0 saturated heterocycles. The highest BCUT2D eigenvalue weighted by molar-refractivity contribution is 7.49. The third kappa shape index (κ3) is 10.8. The number of phosphoric acid groups is 1. The van der Waals surface area contributed by atoms with Crippen LogP contribution in [0.4, 0.5) is 34.1 Å². The number of phosphoric ester groups is 1. The van der Waals surface area contributed by atoms with Crippen LogP contribution >= 0.6 is 7.82 Å². The van der Waals surface area contributed by atoms with Crippen molar-refractivity contribution in [2.45, 2.75) is 0 Å². The molecule has 0 amide bonds. The third-order valence-corrected chi connectivity index (χ3v) is 14.1. The molecular formula is C66H45N6O4P. The summed E-state index contributed by atoms with van der Waals surface area (Å²) < 4.78 is 37.5. The van der Waals surface area contributed by atoms with Crippen LogP contribution in [0.1, 0.15) is 0 Å². The molecule has 0 unspecified atom stereocenters. The first kappa shape index (κ1) is 47.8. The molecule has 0 aliphatic heterocycles. The highest BCUT2D eigenvalue weighted by Crippen LogP contribution is 2.56. The number of hydrogen-bond acceptors (Lipinski definition) is 10. The fourth-order valence-electron chi connectivity index (χ4n) is 9.24. The van der Waals surface area contributed by atoms with Crippen molar-refractivity contribution in [1.82, 2.24) is 0 Å². The SMILES string of the molecule is O=P(Oc1ccc(/N=N/c2ccccc2)cc1-c1cccc2ccccc12)(Oc1ccc(/N=N/c2ccccc2)cc1-c1cccc2ccccc12)Oc1ccc(/N=N/c2ccccc2)cc1-c1cccc2ccccc12. The zero-order valence-corrected chi connectivity index (χ0v) is 42.1. The summed E-state index contributed by atoms with van der Waals surface area (Å²) >= 11 is 0. The largest absolute Gasteiger partial charge is 0.647 e. The van der Waals surface area contributed by atoms with Gasteiger partial charge in [-0.05, 0) is 140 Å². The maximum Gasteiger partial charge on any atom is 0.647 e. The van der Waals surface area contributed by atoms with Gasteiger partial charge < -0.3 is 13.6 Å². The van der Waals surface area contributed by atoms with E-state index in [4.69, 9.17) is 13.6 Å². The molecule has 368 valence electrons. The minimum Gasteiger partial charge on any atom is -0.385 e. The van der Waals surface area contributed by atoms with Gasteiger partial charge >= 0.3 is 7.82 Å². The fourth-order valence-corrected chi connectivity index (χ4v) is 10.6. The first-order chi connectivity index (χ1) is 38.0. The van der Waals surface area contributed by atoms with Crippen LogP contribution in [0.3, 0.4) is 0 Å². The lowest BCUT2D eigenvalue weighted by Crippen LogP contribution is -2.09. The normalized spacial score (nSPS) is 11.8. The topological polar surface area (TPSA) is 119 Å². The molecule has 12 aromatic rings. The number of azo groups is 3. The molecule has 0 aliphatic rings. The fraction of sp³-hybridized carbons (Fsp3) is 0. The minimum atomic E-state index is -4.91. The number of fused-ring (bicyclic) bond motifs is 3. The molecule has 0 atom stereocenters. The average molecular weight is 1020 g/mol. The van der Waals surface area contributed by atoms with E-state index in [-0.39, 0.29) is 17.2 Å². The second kappa shape index (κ2) is 21.7. The molecular weight excluding hydrogens is 972 g/mol. The van der Waals surface area contributed by atoms with Gasteiger partial charge in [0, 0.05) is 16.7 Å². The van der Waals surface area contributed by atoms with Crippen LogP contribution in [0.15, 0.2) is 304 Å². The van der Waals surface area contributed by atoms with Crippen LogP contribution in [0.5, 0.6) is 17.2 Å². The molecule has 12 aromatic carbocycles. The summed E-state index contributed by atoms with van der Waals surface area (Å²) in [5.41, 5.74) is 7.83. The monoisotopic (exact) mass is 1020 g/mol. The Morgan fingerprint density at radius 3 is 0.805 bits per heavy atom. The van der Waals surface area contributed by atoms with Gasteiger partial charge in [0.15, 0.2) is 0 Å². The Morgan fingerprint density at radius 2 is 0.494 bits per heavy atom. The van der Waals surface area contributed by atoms with Crippen LogP contribution in [0.25, 0.3) is 65.7 Å². The molecule has 0 radical (unpaired) electrons. The van der Waals surface area contributed by atoms with E-state index in [0.29, 0.717) is 50.8 Å². The number of benzene rings is 12. The Balaban J connectivity index is 1.05. The highest BCUT2D eigenvalue weighted by Gasteiger charge is 2.37. The molecule has 0 aromatic heterocycles. The van der Waals surface area contributed by atoms with Gasteiger partial charge in [-0.15, -0.1) is 0 Å². The van der Waals surface area contributed by atoms with Gasteiger partial charge in [-0.3, -0.25) is 0 Å². The molecule has 77 heavy (non-hydrogen) atoms. The van der Waals surface area contributed by atoms with Gasteiger partial charge in [0.1, 0.15) is 17.2 Å². The number of hydrogen-bond donors (Lipinski definition) is 0. The summed E-state index contributed by atoms with van der Waals surface area (Å²) in [6.07, 6.45) is 0. The first-order valence-corrected chi connectivity index (χ1v) is 26.4. The predicted molar refractivity (Wildman–Crippen MR) is 309 cm³/mol. The van der Waals surface area contributed by atoms with E-state index in [0.717, 1.165) is 49.0 Å². The van der Waals surface area contributed by atoms with Gasteiger partial charge in [-0.2, -0.15) is 35.3 Å². The molecule has 0 aliphatic carbocycles. The lowest BCUT2D eigenvalue weighted by Gasteiger charge is -2.24. The van der Waals surface area contributed by atoms with E-state index in [1.165, 1.54) is 0 Å². The summed E-state index contributed by atoms with van der Waals surface area (Å²) in [5.74, 6) is 0.634. The second-order valence-corrected chi connectivity index (χ2v) is 19.4. The Morgan fingerprint density at radius 1 is 0.234 bits per heavy atom. The van der Waals surface area contributed by atoms with Crippen molar-refractivity contribution in [1.29, 1.82) is 0 Å². The number of nitrogens with zero attached hydrogens (tertiary/aromatic N) is 6. The highest BCUT2D eigenvalue weighted by atomic mass is 31.2. The molecule has 0 fully saturated rings. The average Bonchev–Trinajstić information content (AvgIpc) is 3.50. The summed E-state index contributed by atoms with van der Waals surface area (Å²) in [6, 6.07) is 86.9. The molecule has 11 heteroatoms. The van der Waals surface area contributed by atoms with E-state index in [1.807, 2.05) is 237 Å². The molecule has 0 spiro atoms. The lowest BCUT2D eigenvalue weighted by molar-refractivity contribution is 0.299. The number of rotatable bonds is 15. The van der Waals surface area contributed by atoms with Gasteiger partial charge in [0.25, 0.3) is 0 Å². The smallest absolute Gasteiger partial charge is 0.385 e. The van der Waals surface area contributed by atoms with Gasteiger partial charge in [0.2, 0.25) is 0 Å². The van der Waals surface area contributed by atoms with Crippen molar-refractivity contribution >= 4 is 74.3 Å². The Bertz CT molecular complexity index is 3800. The quantitative estimate of drug-likeness (QED) is 0.0750. The van der Waals surface area contributed by atoms with E-state index in [2.05, 4.69) is 30.7 Å². The third-order valence-electron chi connectivity index (χ3n) is 12.9. The van der Waals surface area contributed by atoms with Gasteiger partial charge in [-0.25, -0.2) is 0 Å². The molecule has 10 nitrogen and oxygen atoms in total. The van der Waals surface area contributed by atoms with Crippen LogP contribution in [0, 0.1) is 0 Å². The van der Waals surface area contributed by atoms with Crippen molar-refractivity contribution in [2.24, 2.45) is 30.7 Å². The summed E-state index contributed by atoms with van der Waals surface area (Å²) in [4.78, 5) is 0. The molecule has 0 N–H and O–H groups in total.